The first-order valence-corrected chi connectivity index (χ1v) is 5.46. The van der Waals surface area contributed by atoms with E-state index in [4.69, 9.17) is 4.74 Å². The normalized spacial score (nSPS) is 11.2. The van der Waals surface area contributed by atoms with Crippen molar-refractivity contribution in [3.8, 4) is 5.75 Å². The smallest absolute Gasteiger partial charge is 0.310 e. The highest BCUT2D eigenvalue weighted by molar-refractivity contribution is 5.73. The van der Waals surface area contributed by atoms with Gasteiger partial charge in [0.25, 0.3) is 0 Å². The number of carbonyl (C=O) groups is 1. The predicted octanol–water partition coefficient (Wildman–Crippen LogP) is 2.86. The minimum absolute atomic E-state index is 0.0532. The molecule has 1 aromatic carbocycles. The third-order valence-corrected chi connectivity index (χ3v) is 2.08. The highest BCUT2D eigenvalue weighted by Gasteiger charge is 2.19. The van der Waals surface area contributed by atoms with Crippen molar-refractivity contribution >= 4 is 5.97 Å². The molecule has 0 radical (unpaired) electrons. The second-order valence-corrected chi connectivity index (χ2v) is 4.84. The summed E-state index contributed by atoms with van der Waals surface area (Å²) in [4.78, 5) is 11.5. The highest BCUT2D eigenvalue weighted by Crippen LogP contribution is 2.22. The molecule has 0 aliphatic carbocycles. The van der Waals surface area contributed by atoms with Crippen molar-refractivity contribution in [2.45, 2.75) is 32.8 Å². The Balaban J connectivity index is 2.86. The molecular formula is C13H16F2O3. The van der Waals surface area contributed by atoms with Crippen molar-refractivity contribution in [1.29, 1.82) is 0 Å². The van der Waals surface area contributed by atoms with Crippen LogP contribution >= 0.6 is 0 Å². The molecule has 0 N–H and O–H groups in total. The van der Waals surface area contributed by atoms with Crippen LogP contribution in [-0.2, 0) is 16.0 Å². The van der Waals surface area contributed by atoms with Crippen LogP contribution in [0, 0.1) is 11.6 Å². The van der Waals surface area contributed by atoms with Crippen LogP contribution in [-0.4, -0.2) is 18.7 Å². The lowest BCUT2D eigenvalue weighted by Gasteiger charge is -2.19. The van der Waals surface area contributed by atoms with Gasteiger partial charge >= 0.3 is 5.97 Å². The summed E-state index contributed by atoms with van der Waals surface area (Å²) in [6, 6.07) is 1.85. The van der Waals surface area contributed by atoms with Crippen LogP contribution in [0.4, 0.5) is 8.78 Å². The van der Waals surface area contributed by atoms with E-state index in [1.165, 1.54) is 7.11 Å². The Morgan fingerprint density at radius 3 is 2.33 bits per heavy atom. The Morgan fingerprint density at radius 2 is 1.83 bits per heavy atom. The zero-order chi connectivity index (χ0) is 13.9. The summed E-state index contributed by atoms with van der Waals surface area (Å²) in [7, 11) is 1.24. The number of halogens is 2. The first kappa shape index (κ1) is 14.4. The molecule has 0 unspecified atom stereocenters. The molecule has 18 heavy (non-hydrogen) atoms. The summed E-state index contributed by atoms with van der Waals surface area (Å²) in [5.74, 6) is -2.21. The average Bonchev–Trinajstić information content (AvgIpc) is 2.20. The number of hydrogen-bond acceptors (Lipinski definition) is 3. The second kappa shape index (κ2) is 5.33. The molecule has 0 aliphatic heterocycles. The standard InChI is InChI=1S/C13H16F2O3/c1-13(2,3)18-12(16)6-8-5-10(15)11(17-4)7-9(8)14/h5,7H,6H2,1-4H3. The van der Waals surface area contributed by atoms with E-state index in [0.717, 1.165) is 12.1 Å². The zero-order valence-corrected chi connectivity index (χ0v) is 10.8. The van der Waals surface area contributed by atoms with Gasteiger partial charge in [-0.25, -0.2) is 8.78 Å². The first-order chi connectivity index (χ1) is 8.23. The largest absolute Gasteiger partial charge is 0.494 e. The molecule has 0 fully saturated rings. The maximum atomic E-state index is 13.6. The molecule has 0 aliphatic rings. The van der Waals surface area contributed by atoms with Crippen molar-refractivity contribution in [3.63, 3.8) is 0 Å². The molecule has 0 bridgehead atoms. The predicted molar refractivity (Wildman–Crippen MR) is 62.5 cm³/mol. The number of methoxy groups -OCH3 is 1. The highest BCUT2D eigenvalue weighted by atomic mass is 19.1. The Kier molecular flexibility index (Phi) is 4.27. The molecule has 0 saturated carbocycles. The van der Waals surface area contributed by atoms with Gasteiger partial charge in [-0.2, -0.15) is 0 Å². The van der Waals surface area contributed by atoms with Crippen molar-refractivity contribution in [3.05, 3.63) is 29.3 Å². The lowest BCUT2D eigenvalue weighted by molar-refractivity contribution is -0.153. The van der Waals surface area contributed by atoms with Crippen molar-refractivity contribution in [1.82, 2.24) is 0 Å². The summed E-state index contributed by atoms with van der Waals surface area (Å²) < 4.78 is 36.6. The molecule has 0 saturated heterocycles. The number of ether oxygens (including phenoxy) is 2. The van der Waals surface area contributed by atoms with Crippen LogP contribution in [0.15, 0.2) is 12.1 Å². The van der Waals surface area contributed by atoms with Gasteiger partial charge in [-0.3, -0.25) is 4.79 Å². The van der Waals surface area contributed by atoms with E-state index in [1.807, 2.05) is 0 Å². The fourth-order valence-corrected chi connectivity index (χ4v) is 1.39. The molecule has 0 spiro atoms. The Morgan fingerprint density at radius 1 is 1.22 bits per heavy atom. The van der Waals surface area contributed by atoms with E-state index in [1.54, 1.807) is 20.8 Å². The fraction of sp³-hybridized carbons (Fsp3) is 0.462. The third kappa shape index (κ3) is 3.98. The van der Waals surface area contributed by atoms with Crippen molar-refractivity contribution in [2.75, 3.05) is 7.11 Å². The topological polar surface area (TPSA) is 35.5 Å². The number of carbonyl (C=O) groups excluding carboxylic acids is 1. The van der Waals surface area contributed by atoms with E-state index in [-0.39, 0.29) is 17.7 Å². The Bertz CT molecular complexity index is 450. The van der Waals surface area contributed by atoms with E-state index in [9.17, 15) is 13.6 Å². The molecule has 100 valence electrons. The van der Waals surface area contributed by atoms with E-state index >= 15 is 0 Å². The molecule has 1 aromatic rings. The van der Waals surface area contributed by atoms with Crippen LogP contribution in [0.5, 0.6) is 5.75 Å². The lowest BCUT2D eigenvalue weighted by atomic mass is 10.1. The van der Waals surface area contributed by atoms with E-state index in [0.29, 0.717) is 0 Å². The van der Waals surface area contributed by atoms with Crippen molar-refractivity contribution < 1.29 is 23.0 Å². The number of hydrogen-bond donors (Lipinski definition) is 0. The maximum Gasteiger partial charge on any atom is 0.310 e. The summed E-state index contributed by atoms with van der Waals surface area (Å²) in [5, 5.41) is 0. The van der Waals surface area contributed by atoms with Gasteiger partial charge in [-0.1, -0.05) is 0 Å². The molecule has 0 atom stereocenters. The molecule has 1 rings (SSSR count). The minimum Gasteiger partial charge on any atom is -0.494 e. The Labute approximate surface area is 105 Å². The minimum atomic E-state index is -0.711. The second-order valence-electron chi connectivity index (χ2n) is 4.84. The molecule has 0 aromatic heterocycles. The van der Waals surface area contributed by atoms with E-state index < -0.39 is 23.2 Å². The van der Waals surface area contributed by atoms with Gasteiger partial charge in [0.15, 0.2) is 11.6 Å². The van der Waals surface area contributed by atoms with Gasteiger partial charge < -0.3 is 9.47 Å². The molecule has 0 amide bonds. The summed E-state index contributed by atoms with van der Waals surface area (Å²) in [5.41, 5.74) is -0.707. The van der Waals surface area contributed by atoms with Crippen LogP contribution in [0.1, 0.15) is 26.3 Å². The summed E-state index contributed by atoms with van der Waals surface area (Å²) in [6.07, 6.45) is -0.315. The summed E-state index contributed by atoms with van der Waals surface area (Å²) >= 11 is 0. The fourth-order valence-electron chi connectivity index (χ4n) is 1.39. The Hall–Kier alpha value is -1.65. The van der Waals surface area contributed by atoms with Gasteiger partial charge in [0.05, 0.1) is 13.5 Å². The molecular weight excluding hydrogens is 242 g/mol. The SMILES string of the molecule is COc1cc(F)c(CC(=O)OC(C)(C)C)cc1F. The van der Waals surface area contributed by atoms with Crippen molar-refractivity contribution in [2.24, 2.45) is 0 Å². The molecule has 3 nitrogen and oxygen atoms in total. The average molecular weight is 258 g/mol. The number of benzene rings is 1. The van der Waals surface area contributed by atoms with Crippen LogP contribution in [0.3, 0.4) is 0 Å². The van der Waals surface area contributed by atoms with Gasteiger partial charge in [-0.15, -0.1) is 0 Å². The van der Waals surface area contributed by atoms with Gasteiger partial charge in [-0.05, 0) is 26.8 Å². The van der Waals surface area contributed by atoms with Gasteiger partial charge in [0, 0.05) is 11.6 Å². The number of esters is 1. The molecule has 5 heteroatoms. The van der Waals surface area contributed by atoms with Gasteiger partial charge in [0.1, 0.15) is 11.4 Å². The number of rotatable bonds is 3. The van der Waals surface area contributed by atoms with Crippen LogP contribution in [0.2, 0.25) is 0 Å². The third-order valence-electron chi connectivity index (χ3n) is 2.08. The quantitative estimate of drug-likeness (QED) is 0.782. The van der Waals surface area contributed by atoms with Crippen LogP contribution in [0.25, 0.3) is 0 Å². The van der Waals surface area contributed by atoms with E-state index in [2.05, 4.69) is 4.74 Å². The lowest BCUT2D eigenvalue weighted by Crippen LogP contribution is -2.25. The van der Waals surface area contributed by atoms with Crippen LogP contribution < -0.4 is 4.74 Å². The monoisotopic (exact) mass is 258 g/mol. The zero-order valence-electron chi connectivity index (χ0n) is 10.8. The molecule has 0 heterocycles. The maximum absolute atomic E-state index is 13.6. The van der Waals surface area contributed by atoms with Gasteiger partial charge in [0.2, 0.25) is 0 Å². The summed E-state index contributed by atoms with van der Waals surface area (Å²) in [6.45, 7) is 5.11. The first-order valence-electron chi connectivity index (χ1n) is 5.46.